The van der Waals surface area contributed by atoms with Gasteiger partial charge in [-0.05, 0) is 30.7 Å². The Morgan fingerprint density at radius 2 is 2.12 bits per heavy atom. The van der Waals surface area contributed by atoms with Gasteiger partial charge in [-0.3, -0.25) is 4.79 Å². The van der Waals surface area contributed by atoms with E-state index >= 15 is 0 Å². The summed E-state index contributed by atoms with van der Waals surface area (Å²) in [6.07, 6.45) is 3.07. The highest BCUT2D eigenvalue weighted by atomic mass is 16.1. The predicted molar refractivity (Wildman–Crippen MR) is 65.6 cm³/mol. The maximum absolute atomic E-state index is 11.8. The predicted octanol–water partition coefficient (Wildman–Crippen LogP) is 1.62. The average Bonchev–Trinajstić information content (AvgIpc) is 2.33. The monoisotopic (exact) mass is 228 g/mol. The van der Waals surface area contributed by atoms with Gasteiger partial charge in [0, 0.05) is 6.20 Å². The van der Waals surface area contributed by atoms with E-state index in [-0.39, 0.29) is 5.91 Å². The molecule has 17 heavy (non-hydrogen) atoms. The maximum Gasteiger partial charge on any atom is 0.275 e. The van der Waals surface area contributed by atoms with E-state index in [0.717, 1.165) is 5.56 Å². The Morgan fingerprint density at radius 1 is 1.29 bits per heavy atom. The molecule has 5 heteroatoms. The molecular weight excluding hydrogens is 216 g/mol. The van der Waals surface area contributed by atoms with Gasteiger partial charge in [0.25, 0.3) is 5.91 Å². The maximum atomic E-state index is 11.8. The first-order valence-corrected chi connectivity index (χ1v) is 5.11. The molecule has 0 atom stereocenters. The zero-order valence-corrected chi connectivity index (χ0v) is 9.34. The van der Waals surface area contributed by atoms with Crippen LogP contribution in [-0.2, 0) is 0 Å². The van der Waals surface area contributed by atoms with Crippen LogP contribution in [0.5, 0.6) is 0 Å². The van der Waals surface area contributed by atoms with Gasteiger partial charge in [0.15, 0.2) is 0 Å². The minimum atomic E-state index is -0.299. The number of amides is 1. The first kappa shape index (κ1) is 11.1. The summed E-state index contributed by atoms with van der Waals surface area (Å²) in [5, 5.41) is 2.69. The molecule has 2 heterocycles. The summed E-state index contributed by atoms with van der Waals surface area (Å²) in [5.41, 5.74) is 7.23. The van der Waals surface area contributed by atoms with Gasteiger partial charge in [-0.2, -0.15) is 0 Å². The zero-order valence-electron chi connectivity index (χ0n) is 9.34. The van der Waals surface area contributed by atoms with E-state index in [1.54, 1.807) is 18.3 Å². The van der Waals surface area contributed by atoms with Crippen LogP contribution >= 0.6 is 0 Å². The number of aromatic nitrogens is 2. The summed E-state index contributed by atoms with van der Waals surface area (Å²) in [5.74, 6) is 0.239. The van der Waals surface area contributed by atoms with Gasteiger partial charge in [0.05, 0.1) is 11.9 Å². The fraction of sp³-hybridized carbons (Fsp3) is 0.0833. The number of hydrogen-bond acceptors (Lipinski definition) is 4. The molecule has 0 aliphatic rings. The first-order valence-electron chi connectivity index (χ1n) is 5.11. The smallest absolute Gasteiger partial charge is 0.275 e. The number of rotatable bonds is 2. The van der Waals surface area contributed by atoms with Gasteiger partial charge in [0.1, 0.15) is 11.5 Å². The molecule has 0 aliphatic carbocycles. The molecule has 2 aromatic rings. The van der Waals surface area contributed by atoms with Crippen LogP contribution in [0.15, 0.2) is 36.7 Å². The summed E-state index contributed by atoms with van der Waals surface area (Å²) >= 11 is 0. The van der Waals surface area contributed by atoms with Crippen molar-refractivity contribution >= 4 is 17.4 Å². The number of pyridine rings is 2. The van der Waals surface area contributed by atoms with Gasteiger partial charge in [-0.1, -0.05) is 6.07 Å². The SMILES string of the molecule is Cc1cccnc1NC(=O)c1ccc(N)cn1. The number of hydrogen-bond donors (Lipinski definition) is 2. The van der Waals surface area contributed by atoms with E-state index in [1.165, 1.54) is 6.20 Å². The lowest BCUT2D eigenvalue weighted by atomic mass is 10.2. The molecule has 0 aliphatic heterocycles. The second-order valence-electron chi connectivity index (χ2n) is 3.60. The molecule has 0 bridgehead atoms. The van der Waals surface area contributed by atoms with Gasteiger partial charge < -0.3 is 11.1 Å². The van der Waals surface area contributed by atoms with Crippen LogP contribution in [0.1, 0.15) is 16.1 Å². The molecule has 0 fully saturated rings. The van der Waals surface area contributed by atoms with Crippen LogP contribution in [0, 0.1) is 6.92 Å². The van der Waals surface area contributed by atoms with Gasteiger partial charge in [0.2, 0.25) is 0 Å². The third kappa shape index (κ3) is 2.57. The molecule has 3 N–H and O–H groups in total. The number of carbonyl (C=O) groups is 1. The molecule has 5 nitrogen and oxygen atoms in total. The van der Waals surface area contributed by atoms with Crippen molar-refractivity contribution in [1.82, 2.24) is 9.97 Å². The van der Waals surface area contributed by atoms with Crippen molar-refractivity contribution in [3.05, 3.63) is 47.9 Å². The number of anilines is 2. The van der Waals surface area contributed by atoms with Crippen LogP contribution in [0.4, 0.5) is 11.5 Å². The van der Waals surface area contributed by atoms with Crippen molar-refractivity contribution in [3.8, 4) is 0 Å². The van der Waals surface area contributed by atoms with E-state index in [9.17, 15) is 4.79 Å². The molecule has 0 saturated carbocycles. The summed E-state index contributed by atoms with van der Waals surface area (Å²) in [6.45, 7) is 1.87. The highest BCUT2D eigenvalue weighted by molar-refractivity contribution is 6.02. The third-order valence-corrected chi connectivity index (χ3v) is 2.26. The van der Waals surface area contributed by atoms with E-state index in [2.05, 4.69) is 15.3 Å². The largest absolute Gasteiger partial charge is 0.397 e. The molecule has 0 aromatic carbocycles. The second kappa shape index (κ2) is 4.61. The van der Waals surface area contributed by atoms with Crippen LogP contribution in [0.3, 0.4) is 0 Å². The number of carbonyl (C=O) groups excluding carboxylic acids is 1. The van der Waals surface area contributed by atoms with E-state index in [4.69, 9.17) is 5.73 Å². The second-order valence-corrected chi connectivity index (χ2v) is 3.60. The fourth-order valence-electron chi connectivity index (χ4n) is 1.33. The minimum absolute atomic E-state index is 0.299. The Hall–Kier alpha value is -2.43. The van der Waals surface area contributed by atoms with E-state index in [1.807, 2.05) is 19.1 Å². The normalized spacial score (nSPS) is 9.94. The molecule has 1 amide bonds. The Bertz CT molecular complexity index is 536. The molecule has 86 valence electrons. The van der Waals surface area contributed by atoms with Crippen LogP contribution in [0.2, 0.25) is 0 Å². The minimum Gasteiger partial charge on any atom is -0.397 e. The highest BCUT2D eigenvalue weighted by Crippen LogP contribution is 2.10. The van der Waals surface area contributed by atoms with Crippen molar-refractivity contribution in [2.24, 2.45) is 0 Å². The Morgan fingerprint density at radius 3 is 2.76 bits per heavy atom. The van der Waals surface area contributed by atoms with Crippen molar-refractivity contribution in [1.29, 1.82) is 0 Å². The molecule has 2 aromatic heterocycles. The van der Waals surface area contributed by atoms with Crippen LogP contribution < -0.4 is 11.1 Å². The van der Waals surface area contributed by atoms with E-state index in [0.29, 0.717) is 17.2 Å². The highest BCUT2D eigenvalue weighted by Gasteiger charge is 2.09. The Labute approximate surface area is 98.7 Å². The van der Waals surface area contributed by atoms with Crippen molar-refractivity contribution in [2.45, 2.75) is 6.92 Å². The summed E-state index contributed by atoms with van der Waals surface area (Å²) in [6, 6.07) is 6.89. The van der Waals surface area contributed by atoms with Crippen molar-refractivity contribution in [3.63, 3.8) is 0 Å². The summed E-state index contributed by atoms with van der Waals surface area (Å²) < 4.78 is 0. The van der Waals surface area contributed by atoms with Crippen LogP contribution in [0.25, 0.3) is 0 Å². The molecule has 0 unspecified atom stereocenters. The van der Waals surface area contributed by atoms with Crippen molar-refractivity contribution < 1.29 is 4.79 Å². The number of nitrogens with zero attached hydrogens (tertiary/aromatic N) is 2. The lowest BCUT2D eigenvalue weighted by Crippen LogP contribution is -2.15. The topological polar surface area (TPSA) is 80.9 Å². The number of nitrogens with two attached hydrogens (primary N) is 1. The fourth-order valence-corrected chi connectivity index (χ4v) is 1.33. The lowest BCUT2D eigenvalue weighted by Gasteiger charge is -2.06. The average molecular weight is 228 g/mol. The molecule has 0 spiro atoms. The molecular formula is C12H12N4O. The van der Waals surface area contributed by atoms with Gasteiger partial charge >= 0.3 is 0 Å². The van der Waals surface area contributed by atoms with E-state index < -0.39 is 0 Å². The lowest BCUT2D eigenvalue weighted by molar-refractivity contribution is 0.102. The van der Waals surface area contributed by atoms with Gasteiger partial charge in [-0.25, -0.2) is 9.97 Å². The zero-order chi connectivity index (χ0) is 12.3. The van der Waals surface area contributed by atoms with Gasteiger partial charge in [-0.15, -0.1) is 0 Å². The number of nitrogens with one attached hydrogen (secondary N) is 1. The summed E-state index contributed by atoms with van der Waals surface area (Å²) in [4.78, 5) is 19.8. The third-order valence-electron chi connectivity index (χ3n) is 2.26. The van der Waals surface area contributed by atoms with Crippen molar-refractivity contribution in [2.75, 3.05) is 11.1 Å². The quantitative estimate of drug-likeness (QED) is 0.818. The number of nitrogen functional groups attached to an aromatic ring is 1. The Kier molecular flexibility index (Phi) is 3.00. The number of aryl methyl sites for hydroxylation is 1. The van der Waals surface area contributed by atoms with Crippen LogP contribution in [-0.4, -0.2) is 15.9 Å². The standard InChI is InChI=1S/C12H12N4O/c1-8-3-2-6-14-11(8)16-12(17)10-5-4-9(13)7-15-10/h2-7H,13H2,1H3,(H,14,16,17). The first-order chi connectivity index (χ1) is 8.16. The molecule has 2 rings (SSSR count). The molecule has 0 saturated heterocycles. The summed E-state index contributed by atoms with van der Waals surface area (Å²) in [7, 11) is 0. The Balaban J connectivity index is 2.17. The molecule has 0 radical (unpaired) electrons.